The molecule has 1 saturated heterocycles. The van der Waals surface area contributed by atoms with E-state index in [0.717, 1.165) is 0 Å². The van der Waals surface area contributed by atoms with Gasteiger partial charge in [-0.25, -0.2) is 0 Å². The highest BCUT2D eigenvalue weighted by atomic mass is 19.4. The van der Waals surface area contributed by atoms with Gasteiger partial charge >= 0.3 is 6.18 Å². The molecule has 0 unspecified atom stereocenters. The first-order valence-electron chi connectivity index (χ1n) is 6.85. The molecule has 1 aromatic carbocycles. The predicted molar refractivity (Wildman–Crippen MR) is 74.4 cm³/mol. The monoisotopic (exact) mass is 320 g/mol. The molecule has 1 aromatic rings. The average molecular weight is 320 g/mol. The summed E-state index contributed by atoms with van der Waals surface area (Å²) >= 11 is 0. The summed E-state index contributed by atoms with van der Waals surface area (Å²) in [5.41, 5.74) is -0.280. The van der Waals surface area contributed by atoms with E-state index in [4.69, 9.17) is 9.47 Å². The molecular weight excluding hydrogens is 301 g/mol. The summed E-state index contributed by atoms with van der Waals surface area (Å²) in [5, 5.41) is 13.1. The molecule has 1 fully saturated rings. The number of benzene rings is 1. The number of phenolic OH excluding ortho intramolecular Hbond substituents is 1. The highest BCUT2D eigenvalue weighted by molar-refractivity contribution is 5.52. The van der Waals surface area contributed by atoms with Crippen molar-refractivity contribution in [1.29, 1.82) is 0 Å². The number of nitrogens with one attached hydrogen (secondary N) is 1. The Morgan fingerprint density at radius 3 is 2.32 bits per heavy atom. The molecule has 5 nitrogen and oxygen atoms in total. The second-order valence-corrected chi connectivity index (χ2v) is 4.99. The lowest BCUT2D eigenvalue weighted by molar-refractivity contribution is -0.188. The molecule has 0 aliphatic carbocycles. The van der Waals surface area contributed by atoms with Crippen LogP contribution in [0.5, 0.6) is 17.2 Å². The van der Waals surface area contributed by atoms with Crippen LogP contribution in [0.2, 0.25) is 0 Å². The van der Waals surface area contributed by atoms with Crippen molar-refractivity contribution in [2.24, 2.45) is 0 Å². The molecular formula is C14H19F3N2O3. The maximum atomic E-state index is 13.6. The van der Waals surface area contributed by atoms with Gasteiger partial charge in [0.1, 0.15) is 23.3 Å². The molecule has 0 bridgehead atoms. The number of hydrogen-bond donors (Lipinski definition) is 2. The first-order valence-corrected chi connectivity index (χ1v) is 6.85. The van der Waals surface area contributed by atoms with E-state index in [1.807, 2.05) is 0 Å². The number of aromatic hydroxyl groups is 1. The van der Waals surface area contributed by atoms with Gasteiger partial charge < -0.3 is 19.9 Å². The Bertz CT molecular complexity index is 517. The van der Waals surface area contributed by atoms with Crippen LogP contribution in [0.1, 0.15) is 11.6 Å². The normalized spacial score (nSPS) is 18.0. The predicted octanol–water partition coefficient (Wildman–Crippen LogP) is 1.92. The van der Waals surface area contributed by atoms with Gasteiger partial charge in [0.05, 0.1) is 19.8 Å². The summed E-state index contributed by atoms with van der Waals surface area (Å²) in [7, 11) is 2.63. The molecule has 1 atom stereocenters. The molecule has 0 radical (unpaired) electrons. The van der Waals surface area contributed by atoms with Crippen LogP contribution in [-0.2, 0) is 0 Å². The molecule has 2 N–H and O–H groups in total. The summed E-state index contributed by atoms with van der Waals surface area (Å²) in [5.74, 6) is -0.297. The summed E-state index contributed by atoms with van der Waals surface area (Å²) in [4.78, 5) is 1.29. The maximum absolute atomic E-state index is 13.6. The third kappa shape index (κ3) is 3.38. The number of alkyl halides is 3. The highest BCUT2D eigenvalue weighted by Gasteiger charge is 2.47. The van der Waals surface area contributed by atoms with Crippen molar-refractivity contribution in [3.63, 3.8) is 0 Å². The lowest BCUT2D eigenvalue weighted by atomic mass is 10.0. The molecule has 0 aromatic heterocycles. The van der Waals surface area contributed by atoms with E-state index < -0.39 is 18.0 Å². The van der Waals surface area contributed by atoms with E-state index in [1.165, 1.54) is 31.3 Å². The number of rotatable bonds is 4. The van der Waals surface area contributed by atoms with E-state index >= 15 is 0 Å². The molecule has 22 heavy (non-hydrogen) atoms. The van der Waals surface area contributed by atoms with E-state index in [2.05, 4.69) is 5.32 Å². The molecule has 0 spiro atoms. The van der Waals surface area contributed by atoms with Crippen molar-refractivity contribution in [2.75, 3.05) is 40.4 Å². The number of nitrogens with zero attached hydrogens (tertiary/aromatic N) is 1. The Hall–Kier alpha value is -1.67. The van der Waals surface area contributed by atoms with Crippen LogP contribution < -0.4 is 14.8 Å². The van der Waals surface area contributed by atoms with Crippen molar-refractivity contribution in [3.8, 4) is 17.2 Å². The van der Waals surface area contributed by atoms with Crippen LogP contribution in [0, 0.1) is 0 Å². The maximum Gasteiger partial charge on any atom is 0.408 e. The van der Waals surface area contributed by atoms with Gasteiger partial charge in [-0.3, -0.25) is 4.90 Å². The third-order valence-electron chi connectivity index (χ3n) is 3.65. The summed E-state index contributed by atoms with van der Waals surface area (Å²) in [6.07, 6.45) is -4.53. The second kappa shape index (κ2) is 6.62. The van der Waals surface area contributed by atoms with Gasteiger partial charge in [0.25, 0.3) is 0 Å². The van der Waals surface area contributed by atoms with Gasteiger partial charge in [0.2, 0.25) is 0 Å². The molecule has 124 valence electrons. The van der Waals surface area contributed by atoms with E-state index in [9.17, 15) is 18.3 Å². The standard InChI is InChI=1S/C14H19F3N2O3/c1-21-9-7-10(20)12(11(8-9)22-2)13(14(15,16)17)19-5-3-18-4-6-19/h7-8,13,18,20H,3-6H2,1-2H3/t13-/m0/s1. The second-order valence-electron chi connectivity index (χ2n) is 4.99. The van der Waals surface area contributed by atoms with E-state index in [1.54, 1.807) is 0 Å². The number of piperazine rings is 1. The van der Waals surface area contributed by atoms with Crippen LogP contribution in [0.25, 0.3) is 0 Å². The molecule has 1 aliphatic heterocycles. The molecule has 0 amide bonds. The molecule has 0 saturated carbocycles. The van der Waals surface area contributed by atoms with E-state index in [-0.39, 0.29) is 30.2 Å². The molecule has 8 heteroatoms. The fraction of sp³-hybridized carbons (Fsp3) is 0.571. The van der Waals surface area contributed by atoms with Gasteiger partial charge in [-0.05, 0) is 0 Å². The van der Waals surface area contributed by atoms with Crippen molar-refractivity contribution in [2.45, 2.75) is 12.2 Å². The van der Waals surface area contributed by atoms with Gasteiger partial charge in [0, 0.05) is 38.3 Å². The minimum Gasteiger partial charge on any atom is -0.507 e. The Labute approximate surface area is 126 Å². The first-order chi connectivity index (χ1) is 10.4. The number of methoxy groups -OCH3 is 2. The third-order valence-corrected chi connectivity index (χ3v) is 3.65. The Morgan fingerprint density at radius 1 is 1.18 bits per heavy atom. The lowest BCUT2D eigenvalue weighted by Crippen LogP contribution is -2.49. The minimum atomic E-state index is -4.53. The minimum absolute atomic E-state index is 0.0438. The topological polar surface area (TPSA) is 54.0 Å². The van der Waals surface area contributed by atoms with Gasteiger partial charge in [-0.1, -0.05) is 0 Å². The van der Waals surface area contributed by atoms with Crippen LogP contribution in [0.15, 0.2) is 12.1 Å². The van der Waals surface area contributed by atoms with Crippen molar-refractivity contribution in [3.05, 3.63) is 17.7 Å². The quantitative estimate of drug-likeness (QED) is 0.888. The molecule has 2 rings (SSSR count). The lowest BCUT2D eigenvalue weighted by Gasteiger charge is -2.36. The van der Waals surface area contributed by atoms with Gasteiger partial charge in [0.15, 0.2) is 0 Å². The summed E-state index contributed by atoms with van der Waals surface area (Å²) in [6, 6.07) is 0.588. The Balaban J connectivity index is 2.51. The van der Waals surface area contributed by atoms with Crippen molar-refractivity contribution in [1.82, 2.24) is 10.2 Å². The number of hydrogen-bond acceptors (Lipinski definition) is 5. The zero-order valence-corrected chi connectivity index (χ0v) is 12.4. The smallest absolute Gasteiger partial charge is 0.408 e. The van der Waals surface area contributed by atoms with Crippen molar-refractivity contribution >= 4 is 0 Å². The fourth-order valence-electron chi connectivity index (χ4n) is 2.64. The first kappa shape index (κ1) is 16.7. The van der Waals surface area contributed by atoms with Crippen LogP contribution in [0.3, 0.4) is 0 Å². The molecule has 1 heterocycles. The Morgan fingerprint density at radius 2 is 1.82 bits per heavy atom. The molecule has 1 aliphatic rings. The SMILES string of the molecule is COc1cc(O)c([C@H](N2CCNCC2)C(F)(F)F)c(OC)c1. The van der Waals surface area contributed by atoms with Crippen LogP contribution in [-0.4, -0.2) is 56.6 Å². The summed E-state index contributed by atoms with van der Waals surface area (Å²) in [6.45, 7) is 1.40. The number of halogens is 3. The van der Waals surface area contributed by atoms with Gasteiger partial charge in [-0.2, -0.15) is 13.2 Å². The van der Waals surface area contributed by atoms with E-state index in [0.29, 0.717) is 13.1 Å². The van der Waals surface area contributed by atoms with Gasteiger partial charge in [-0.15, -0.1) is 0 Å². The van der Waals surface area contributed by atoms with Crippen LogP contribution in [0.4, 0.5) is 13.2 Å². The number of ether oxygens (including phenoxy) is 2. The average Bonchev–Trinajstić information content (AvgIpc) is 2.48. The Kier molecular flexibility index (Phi) is 5.02. The van der Waals surface area contributed by atoms with Crippen LogP contribution >= 0.6 is 0 Å². The zero-order valence-electron chi connectivity index (χ0n) is 12.4. The summed E-state index contributed by atoms with van der Waals surface area (Å²) < 4.78 is 50.8. The van der Waals surface area contributed by atoms with Crippen molar-refractivity contribution < 1.29 is 27.8 Å². The fourth-order valence-corrected chi connectivity index (χ4v) is 2.64. The largest absolute Gasteiger partial charge is 0.507 e. The zero-order chi connectivity index (χ0) is 16.3. The highest BCUT2D eigenvalue weighted by Crippen LogP contribution is 2.47. The number of phenols is 1.